The number of hydrogen-bond donors (Lipinski definition) is 2. The predicted molar refractivity (Wildman–Crippen MR) is 194 cm³/mol. The molecule has 3 aliphatic rings. The fraction of sp³-hybridized carbons (Fsp3) is 0.500. The minimum Gasteiger partial charge on any atom is -0.467 e. The highest BCUT2D eigenvalue weighted by molar-refractivity contribution is 7.23. The second kappa shape index (κ2) is 18.1. The van der Waals surface area contributed by atoms with E-state index in [2.05, 4.69) is 24.9 Å². The number of nitriles is 1. The molecule has 3 N–H and O–H groups in total. The Kier molecular flexibility index (Phi) is 14.1. The Morgan fingerprint density at radius 3 is 2.36 bits per heavy atom. The van der Waals surface area contributed by atoms with Gasteiger partial charge in [0.15, 0.2) is 5.82 Å². The van der Waals surface area contributed by atoms with E-state index in [4.69, 9.17) is 10.5 Å². The number of nitrogens with zero attached hydrogens (tertiary/aromatic N) is 5. The van der Waals surface area contributed by atoms with Gasteiger partial charge in [-0.1, -0.05) is 6.07 Å². The van der Waals surface area contributed by atoms with Crippen LogP contribution in [0.25, 0.3) is 32.1 Å². The van der Waals surface area contributed by atoms with Crippen LogP contribution in [0.1, 0.15) is 57.1 Å². The number of carbonyl (C=O) groups is 1. The number of thiophene rings is 1. The van der Waals surface area contributed by atoms with E-state index in [-0.39, 0.29) is 55.9 Å². The third kappa shape index (κ3) is 9.40. The van der Waals surface area contributed by atoms with Crippen molar-refractivity contribution in [2.24, 2.45) is 0 Å². The van der Waals surface area contributed by atoms with E-state index in [1.807, 2.05) is 4.90 Å². The minimum absolute atomic E-state index is 0.0444. The number of anilines is 2. The summed E-state index contributed by atoms with van der Waals surface area (Å²) in [6, 6.07) is 4.75. The highest BCUT2D eigenvalue weighted by Crippen LogP contribution is 2.47. The van der Waals surface area contributed by atoms with Crippen molar-refractivity contribution < 1.29 is 40.6 Å². The van der Waals surface area contributed by atoms with Crippen molar-refractivity contribution in [1.82, 2.24) is 19.8 Å². The van der Waals surface area contributed by atoms with Crippen molar-refractivity contribution in [3.05, 3.63) is 41.0 Å². The average Bonchev–Trinajstić information content (AvgIpc) is 3.91. The third-order valence-electron chi connectivity index (χ3n) is 8.95. The summed E-state index contributed by atoms with van der Waals surface area (Å²) in [5, 5.41) is 11.8. The van der Waals surface area contributed by atoms with Crippen LogP contribution in [-0.2, 0) is 15.7 Å². The van der Waals surface area contributed by atoms with Crippen LogP contribution in [0.5, 0.6) is 6.01 Å². The Morgan fingerprint density at radius 2 is 1.81 bits per heavy atom. The van der Waals surface area contributed by atoms with Gasteiger partial charge in [-0.15, -0.1) is 11.3 Å². The van der Waals surface area contributed by atoms with Crippen LogP contribution < -0.4 is 15.8 Å². The number of nitrogens with two attached hydrogens (primary N) is 1. The number of hydrogen-bond acceptors (Lipinski definition) is 10. The summed E-state index contributed by atoms with van der Waals surface area (Å²) in [5.74, 6) is -1.93. The summed E-state index contributed by atoms with van der Waals surface area (Å²) in [7, 11) is 4.48. The van der Waals surface area contributed by atoms with Gasteiger partial charge in [0.05, 0.1) is 22.9 Å². The number of nitrogen functional groups attached to an aromatic ring is 1. The molecule has 7 rings (SSSR count). The molecule has 3 saturated heterocycles. The molecule has 0 spiro atoms. The molecule has 2 aromatic carbocycles. The van der Waals surface area contributed by atoms with Gasteiger partial charge < -0.3 is 25.4 Å². The number of alkyl halides is 4. The van der Waals surface area contributed by atoms with Crippen LogP contribution in [-0.4, -0.2) is 91.9 Å². The molecular weight excluding hydrogens is 724 g/mol. The summed E-state index contributed by atoms with van der Waals surface area (Å²) in [5.41, 5.74) is 2.59. The average molecular weight is 768 g/mol. The number of amides is 1. The number of ether oxygens (including phenoxy) is 2. The van der Waals surface area contributed by atoms with Gasteiger partial charge in [-0.05, 0) is 63.3 Å². The molecule has 3 fully saturated rings. The largest absolute Gasteiger partial charge is 0.467 e. The monoisotopic (exact) mass is 767 g/mol. The van der Waals surface area contributed by atoms with Crippen LogP contribution in [0, 0.1) is 23.0 Å². The molecule has 17 heteroatoms. The van der Waals surface area contributed by atoms with Crippen molar-refractivity contribution >= 4 is 49.1 Å². The van der Waals surface area contributed by atoms with Crippen molar-refractivity contribution in [3.63, 3.8) is 0 Å². The molecule has 2 atom stereocenters. The molecule has 1 amide bonds. The number of methoxy groups -OCH3 is 2. The normalized spacial score (nSPS) is 18.0. The Balaban J connectivity index is 0.000000251. The molecule has 5 heterocycles. The van der Waals surface area contributed by atoms with Crippen molar-refractivity contribution in [2.75, 3.05) is 65.1 Å². The van der Waals surface area contributed by atoms with Gasteiger partial charge in [0.1, 0.15) is 34.4 Å². The Labute approximate surface area is 307 Å². The van der Waals surface area contributed by atoms with Crippen molar-refractivity contribution in [1.29, 1.82) is 5.26 Å². The number of fused-ring (bicyclic) bond motifs is 3. The maximum Gasteiger partial charge on any atom is 0.417 e. The number of benzene rings is 2. The van der Waals surface area contributed by atoms with E-state index in [0.717, 1.165) is 44.3 Å². The third-order valence-corrected chi connectivity index (χ3v) is 9.98. The molecule has 3 aliphatic heterocycles. The minimum atomic E-state index is -5.00. The van der Waals surface area contributed by atoms with Gasteiger partial charge in [-0.3, -0.25) is 9.69 Å². The summed E-state index contributed by atoms with van der Waals surface area (Å²) in [4.78, 5) is 22.6. The van der Waals surface area contributed by atoms with Crippen molar-refractivity contribution in [2.45, 2.75) is 64.3 Å². The second-order valence-corrected chi connectivity index (χ2v) is 13.6. The van der Waals surface area contributed by atoms with Crippen LogP contribution >= 0.6 is 11.3 Å². The first kappa shape index (κ1) is 41.4. The quantitative estimate of drug-likeness (QED) is 0.200. The van der Waals surface area contributed by atoms with Gasteiger partial charge in [-0.25, -0.2) is 13.2 Å². The fourth-order valence-corrected chi connectivity index (χ4v) is 7.60. The van der Waals surface area contributed by atoms with Crippen molar-refractivity contribution in [3.8, 4) is 23.2 Å². The molecular formula is C36H43F6N7O3S. The maximum absolute atomic E-state index is 15.9. The SMILES string of the molecule is CC(=O)N1CCCC1.CCNc1nc(OC)nc2c(F)c(-c3ccc(F)c4sc(N)c(C#N)c34)c(C(F)(F)F)cc12.COC.FC1CC2CCCN2C1. The summed E-state index contributed by atoms with van der Waals surface area (Å²) < 4.78 is 94.4. The standard InChI is InChI=1S/C21H14F5N5OS.C7H12FN.C6H11NO.C2H6O/c1-3-29-19-9-6-11(21(24,25)26)14(15(23)16(9)30-20(31-19)32-2)8-4-5-12(22)17-13(8)10(7-27)18(28)33-17;8-6-4-7-2-1-3-9(7)5-6;1-6(8)7-4-2-3-5-7;1-3-2/h4-6H,3,28H2,1-2H3,(H,29,30,31);6-7H,1-5H2;2-5H2,1H3;1-2H3. The molecule has 0 aliphatic carbocycles. The summed E-state index contributed by atoms with van der Waals surface area (Å²) >= 11 is 0.698. The number of nitrogens with one attached hydrogen (secondary N) is 1. The molecule has 4 aromatic rings. The molecule has 10 nitrogen and oxygen atoms in total. The lowest BCUT2D eigenvalue weighted by Gasteiger charge is -2.18. The van der Waals surface area contributed by atoms with Crippen LogP contribution in [0.4, 0.5) is 37.2 Å². The Hall–Kier alpha value is -4.40. The number of rotatable bonds is 4. The number of aromatic nitrogens is 2. The predicted octanol–water partition coefficient (Wildman–Crippen LogP) is 7.79. The first-order chi connectivity index (χ1) is 25.2. The van der Waals surface area contributed by atoms with Gasteiger partial charge in [0, 0.05) is 69.7 Å². The van der Waals surface area contributed by atoms with Gasteiger partial charge in [0.2, 0.25) is 5.91 Å². The summed E-state index contributed by atoms with van der Waals surface area (Å²) in [6.45, 7) is 7.43. The van der Waals surface area contributed by atoms with E-state index < -0.39 is 40.6 Å². The van der Waals surface area contributed by atoms with Crippen LogP contribution in [0.15, 0.2) is 18.2 Å². The van der Waals surface area contributed by atoms with E-state index in [0.29, 0.717) is 23.9 Å². The molecule has 0 bridgehead atoms. The lowest BCUT2D eigenvalue weighted by Crippen LogP contribution is -2.24. The molecule has 288 valence electrons. The molecule has 53 heavy (non-hydrogen) atoms. The van der Waals surface area contributed by atoms with Gasteiger partial charge in [0.25, 0.3) is 0 Å². The summed E-state index contributed by atoms with van der Waals surface area (Å²) in [6.07, 6.45) is 0.204. The first-order valence-corrected chi connectivity index (χ1v) is 17.9. The number of likely N-dealkylation sites (tertiary alicyclic amines) is 1. The lowest BCUT2D eigenvalue weighted by atomic mass is 9.92. The van der Waals surface area contributed by atoms with E-state index in [9.17, 15) is 32.0 Å². The Morgan fingerprint density at radius 1 is 1.13 bits per heavy atom. The topological polar surface area (TPSA) is 130 Å². The highest BCUT2D eigenvalue weighted by atomic mass is 32.1. The number of carbonyl (C=O) groups excluding carboxylic acids is 1. The van der Waals surface area contributed by atoms with E-state index in [1.165, 1.54) is 32.8 Å². The van der Waals surface area contributed by atoms with E-state index >= 15 is 4.39 Å². The van der Waals surface area contributed by atoms with Gasteiger partial charge >= 0.3 is 12.2 Å². The fourth-order valence-electron chi connectivity index (χ4n) is 6.65. The molecule has 2 aromatic heterocycles. The zero-order chi connectivity index (χ0) is 39.0. The van der Waals surface area contributed by atoms with Gasteiger partial charge in [-0.2, -0.15) is 28.4 Å². The molecule has 2 unspecified atom stereocenters. The highest BCUT2D eigenvalue weighted by Gasteiger charge is 2.38. The lowest BCUT2D eigenvalue weighted by molar-refractivity contribution is -0.137. The zero-order valence-corrected chi connectivity index (χ0v) is 31.0. The smallest absolute Gasteiger partial charge is 0.417 e. The molecule has 0 radical (unpaired) electrons. The van der Waals surface area contributed by atoms with Crippen LogP contribution in [0.2, 0.25) is 0 Å². The second-order valence-electron chi connectivity index (χ2n) is 12.6. The Bertz CT molecular complexity index is 1930. The van der Waals surface area contributed by atoms with E-state index in [1.54, 1.807) is 34.1 Å². The maximum atomic E-state index is 15.9. The number of halogens is 6. The van der Waals surface area contributed by atoms with Crippen LogP contribution in [0.3, 0.4) is 0 Å². The first-order valence-electron chi connectivity index (χ1n) is 17.0. The zero-order valence-electron chi connectivity index (χ0n) is 30.2. The molecule has 0 saturated carbocycles.